The summed E-state index contributed by atoms with van der Waals surface area (Å²) in [6.07, 6.45) is 2.86. The lowest BCUT2D eigenvalue weighted by Gasteiger charge is -2.37. The van der Waals surface area contributed by atoms with Gasteiger partial charge in [-0.3, -0.25) is 4.79 Å². The number of nitrogens with one attached hydrogen (secondary N) is 2. The Balaban J connectivity index is 1.99. The Labute approximate surface area is 153 Å². The minimum Gasteiger partial charge on any atom is -0.352 e. The molecule has 1 aliphatic rings. The van der Waals surface area contributed by atoms with Crippen LogP contribution < -0.4 is 10.6 Å². The Morgan fingerprint density at radius 3 is 2.60 bits per heavy atom. The topological polar surface area (TPSA) is 44.4 Å². The van der Waals surface area contributed by atoms with E-state index in [0.29, 0.717) is 12.5 Å². The molecule has 1 aliphatic heterocycles. The molecule has 1 aromatic rings. The third-order valence-corrected chi connectivity index (χ3v) is 5.28. The van der Waals surface area contributed by atoms with Crippen LogP contribution in [0.15, 0.2) is 24.3 Å². The number of rotatable bonds is 8. The van der Waals surface area contributed by atoms with Crippen molar-refractivity contribution in [3.05, 3.63) is 35.4 Å². The summed E-state index contributed by atoms with van der Waals surface area (Å²) in [7, 11) is 2.13. The molecule has 0 aromatic heterocycles. The fraction of sp³-hybridized carbons (Fsp3) is 0.667. The summed E-state index contributed by atoms with van der Waals surface area (Å²) in [5.74, 6) is 0.774. The lowest BCUT2D eigenvalue weighted by atomic mass is 9.72. The summed E-state index contributed by atoms with van der Waals surface area (Å²) >= 11 is 0. The van der Waals surface area contributed by atoms with E-state index in [9.17, 15) is 4.79 Å². The van der Waals surface area contributed by atoms with E-state index in [1.54, 1.807) is 0 Å². The van der Waals surface area contributed by atoms with E-state index >= 15 is 0 Å². The Kier molecular flexibility index (Phi) is 7.45. The fourth-order valence-corrected chi connectivity index (χ4v) is 3.84. The summed E-state index contributed by atoms with van der Waals surface area (Å²) in [5.41, 5.74) is 2.29. The van der Waals surface area contributed by atoms with Crippen LogP contribution in [0.1, 0.15) is 51.2 Å². The summed E-state index contributed by atoms with van der Waals surface area (Å²) in [5, 5.41) is 6.62. The van der Waals surface area contributed by atoms with Crippen molar-refractivity contribution in [2.45, 2.75) is 53.1 Å². The molecule has 140 valence electrons. The zero-order chi connectivity index (χ0) is 18.3. The fourth-order valence-electron chi connectivity index (χ4n) is 3.84. The van der Waals surface area contributed by atoms with Crippen LogP contribution in [0, 0.1) is 11.3 Å². The van der Waals surface area contributed by atoms with Gasteiger partial charge in [0, 0.05) is 13.1 Å². The lowest BCUT2D eigenvalue weighted by molar-refractivity contribution is -0.133. The van der Waals surface area contributed by atoms with Crippen molar-refractivity contribution < 1.29 is 4.79 Å². The van der Waals surface area contributed by atoms with Crippen LogP contribution in [-0.4, -0.2) is 37.5 Å². The van der Waals surface area contributed by atoms with Crippen molar-refractivity contribution in [2.24, 2.45) is 11.3 Å². The molecule has 2 N–H and O–H groups in total. The molecule has 0 spiro atoms. The van der Waals surface area contributed by atoms with Gasteiger partial charge in [-0.05, 0) is 63.0 Å². The molecular weight excluding hydrogens is 310 g/mol. The highest BCUT2D eigenvalue weighted by molar-refractivity contribution is 5.82. The van der Waals surface area contributed by atoms with Gasteiger partial charge in [0.25, 0.3) is 0 Å². The second-order valence-corrected chi connectivity index (χ2v) is 7.96. The number of carbonyl (C=O) groups is 1. The van der Waals surface area contributed by atoms with Gasteiger partial charge in [0.1, 0.15) is 0 Å². The first-order valence-corrected chi connectivity index (χ1v) is 9.70. The highest BCUT2D eigenvalue weighted by Crippen LogP contribution is 2.36. The molecule has 1 fully saturated rings. The van der Waals surface area contributed by atoms with Crippen molar-refractivity contribution in [1.82, 2.24) is 15.5 Å². The Morgan fingerprint density at radius 1 is 1.28 bits per heavy atom. The third kappa shape index (κ3) is 5.82. The van der Waals surface area contributed by atoms with Crippen LogP contribution >= 0.6 is 0 Å². The van der Waals surface area contributed by atoms with E-state index in [-0.39, 0.29) is 11.3 Å². The molecule has 1 saturated heterocycles. The zero-order valence-corrected chi connectivity index (χ0v) is 16.4. The highest BCUT2D eigenvalue weighted by Gasteiger charge is 2.39. The maximum Gasteiger partial charge on any atom is 0.226 e. The third-order valence-electron chi connectivity index (χ3n) is 5.28. The SMILES string of the molecule is CCN(C)Cc1cccc(CNC(=O)C2(CC(C)C)CCNCC2)c1. The number of amides is 1. The maximum absolute atomic E-state index is 13.0. The molecule has 1 aromatic carbocycles. The number of piperidine rings is 1. The maximum atomic E-state index is 13.0. The van der Waals surface area contributed by atoms with E-state index in [1.807, 2.05) is 0 Å². The van der Waals surface area contributed by atoms with Gasteiger partial charge in [-0.15, -0.1) is 0 Å². The quantitative estimate of drug-likeness (QED) is 0.761. The molecule has 1 amide bonds. The van der Waals surface area contributed by atoms with E-state index in [0.717, 1.165) is 45.4 Å². The molecule has 0 bridgehead atoms. The van der Waals surface area contributed by atoms with E-state index in [1.165, 1.54) is 11.1 Å². The Hall–Kier alpha value is -1.39. The number of nitrogens with zero attached hydrogens (tertiary/aromatic N) is 1. The second-order valence-electron chi connectivity index (χ2n) is 7.96. The van der Waals surface area contributed by atoms with Gasteiger partial charge < -0.3 is 15.5 Å². The molecule has 25 heavy (non-hydrogen) atoms. The first-order valence-electron chi connectivity index (χ1n) is 9.70. The number of hydrogen-bond acceptors (Lipinski definition) is 3. The van der Waals surface area contributed by atoms with Gasteiger partial charge in [-0.25, -0.2) is 0 Å². The average molecular weight is 346 g/mol. The van der Waals surface area contributed by atoms with Gasteiger partial charge in [-0.2, -0.15) is 0 Å². The van der Waals surface area contributed by atoms with Crippen LogP contribution in [0.3, 0.4) is 0 Å². The summed E-state index contributed by atoms with van der Waals surface area (Å²) in [6.45, 7) is 11.1. The van der Waals surface area contributed by atoms with Gasteiger partial charge in [0.15, 0.2) is 0 Å². The average Bonchev–Trinajstić information content (AvgIpc) is 2.60. The number of hydrogen-bond donors (Lipinski definition) is 2. The van der Waals surface area contributed by atoms with E-state index in [2.05, 4.69) is 67.6 Å². The van der Waals surface area contributed by atoms with Crippen molar-refractivity contribution >= 4 is 5.91 Å². The monoisotopic (exact) mass is 345 g/mol. The minimum absolute atomic E-state index is 0.195. The standard InChI is InChI=1S/C21H35N3O/c1-5-24(4)16-19-8-6-7-18(13-19)15-23-20(25)21(14-17(2)3)9-11-22-12-10-21/h6-8,13,17,22H,5,9-12,14-16H2,1-4H3,(H,23,25). The van der Waals surface area contributed by atoms with Crippen molar-refractivity contribution in [1.29, 1.82) is 0 Å². The van der Waals surface area contributed by atoms with Crippen LogP contribution in [0.4, 0.5) is 0 Å². The van der Waals surface area contributed by atoms with Crippen molar-refractivity contribution in [3.8, 4) is 0 Å². The highest BCUT2D eigenvalue weighted by atomic mass is 16.2. The van der Waals surface area contributed by atoms with Crippen LogP contribution in [-0.2, 0) is 17.9 Å². The van der Waals surface area contributed by atoms with Crippen LogP contribution in [0.5, 0.6) is 0 Å². The van der Waals surface area contributed by atoms with Crippen LogP contribution in [0.25, 0.3) is 0 Å². The van der Waals surface area contributed by atoms with Gasteiger partial charge in [0.05, 0.1) is 5.41 Å². The summed E-state index contributed by atoms with van der Waals surface area (Å²) in [6, 6.07) is 8.57. The summed E-state index contributed by atoms with van der Waals surface area (Å²) in [4.78, 5) is 15.3. The molecule has 1 heterocycles. The molecule has 0 saturated carbocycles. The second kappa shape index (κ2) is 9.35. The lowest BCUT2D eigenvalue weighted by Crippen LogP contribution is -2.48. The molecule has 0 aliphatic carbocycles. The van der Waals surface area contributed by atoms with Crippen LogP contribution in [0.2, 0.25) is 0 Å². The summed E-state index contributed by atoms with van der Waals surface area (Å²) < 4.78 is 0. The molecule has 0 radical (unpaired) electrons. The van der Waals surface area contributed by atoms with Crippen molar-refractivity contribution in [2.75, 3.05) is 26.7 Å². The molecule has 4 heteroatoms. The van der Waals surface area contributed by atoms with E-state index < -0.39 is 0 Å². The van der Waals surface area contributed by atoms with E-state index in [4.69, 9.17) is 0 Å². The molecular formula is C21H35N3O. The number of benzene rings is 1. The first-order chi connectivity index (χ1) is 11.9. The van der Waals surface area contributed by atoms with Gasteiger partial charge >= 0.3 is 0 Å². The molecule has 0 atom stereocenters. The zero-order valence-electron chi connectivity index (χ0n) is 16.4. The predicted octanol–water partition coefficient (Wildman–Crippen LogP) is 3.17. The minimum atomic E-state index is -0.195. The van der Waals surface area contributed by atoms with Crippen molar-refractivity contribution in [3.63, 3.8) is 0 Å². The Bertz CT molecular complexity index is 550. The normalized spacial score (nSPS) is 17.0. The molecule has 4 nitrogen and oxygen atoms in total. The largest absolute Gasteiger partial charge is 0.352 e. The predicted molar refractivity (Wildman–Crippen MR) is 104 cm³/mol. The van der Waals surface area contributed by atoms with Gasteiger partial charge in [0.2, 0.25) is 5.91 Å². The molecule has 0 unspecified atom stereocenters. The first kappa shape index (κ1) is 19.9. The number of carbonyl (C=O) groups excluding carboxylic acids is 1. The smallest absolute Gasteiger partial charge is 0.226 e. The van der Waals surface area contributed by atoms with Gasteiger partial charge in [-0.1, -0.05) is 45.0 Å². The molecule has 2 rings (SSSR count). The Morgan fingerprint density at radius 2 is 1.96 bits per heavy atom.